The van der Waals surface area contributed by atoms with Gasteiger partial charge in [0.25, 0.3) is 5.91 Å². The second kappa shape index (κ2) is 4.57. The van der Waals surface area contributed by atoms with E-state index in [9.17, 15) is 9.59 Å². The topological polar surface area (TPSA) is 46.6 Å². The molecule has 0 radical (unpaired) electrons. The highest BCUT2D eigenvalue weighted by Crippen LogP contribution is 2.28. The van der Waals surface area contributed by atoms with E-state index in [0.29, 0.717) is 23.2 Å². The Bertz CT molecular complexity index is 450. The van der Waals surface area contributed by atoms with Crippen LogP contribution in [0.25, 0.3) is 0 Å². The van der Waals surface area contributed by atoms with Gasteiger partial charge in [0.2, 0.25) is 0 Å². The molecule has 4 nitrogen and oxygen atoms in total. The summed E-state index contributed by atoms with van der Waals surface area (Å²) in [6, 6.07) is 5.00. The predicted octanol–water partition coefficient (Wildman–Crippen LogP) is 1.74. The number of ether oxygens (including phenoxy) is 1. The quantitative estimate of drug-likeness (QED) is 0.744. The van der Waals surface area contributed by atoms with Crippen LogP contribution >= 0.6 is 0 Å². The number of amides is 1. The predicted molar refractivity (Wildman–Crippen MR) is 63.5 cm³/mol. The van der Waals surface area contributed by atoms with Gasteiger partial charge >= 0.3 is 0 Å². The molecule has 1 aromatic carbocycles. The van der Waals surface area contributed by atoms with Crippen molar-refractivity contribution in [2.24, 2.45) is 0 Å². The summed E-state index contributed by atoms with van der Waals surface area (Å²) in [4.78, 5) is 24.2. The van der Waals surface area contributed by atoms with Gasteiger partial charge in [0.15, 0.2) is 6.29 Å². The summed E-state index contributed by atoms with van der Waals surface area (Å²) in [5.74, 6) is 0.469. The summed E-state index contributed by atoms with van der Waals surface area (Å²) in [5.41, 5.74) is 0.787. The van der Waals surface area contributed by atoms with Crippen LogP contribution in [0.3, 0.4) is 0 Å². The summed E-state index contributed by atoms with van der Waals surface area (Å²) >= 11 is 0. The van der Waals surface area contributed by atoms with E-state index in [1.807, 2.05) is 0 Å². The monoisotopic (exact) mass is 233 g/mol. The van der Waals surface area contributed by atoms with Gasteiger partial charge in [0, 0.05) is 19.7 Å². The minimum atomic E-state index is -0.187. The fourth-order valence-corrected chi connectivity index (χ4v) is 1.52. The van der Waals surface area contributed by atoms with Crippen molar-refractivity contribution in [2.45, 2.75) is 18.9 Å². The molecule has 1 aliphatic rings. The zero-order valence-electron chi connectivity index (χ0n) is 9.97. The number of hydrogen-bond acceptors (Lipinski definition) is 3. The van der Waals surface area contributed by atoms with Gasteiger partial charge in [-0.1, -0.05) is 0 Å². The van der Waals surface area contributed by atoms with Crippen LogP contribution in [0.4, 0.5) is 0 Å². The number of nitrogens with zero attached hydrogens (tertiary/aromatic N) is 1. The first-order valence-corrected chi connectivity index (χ1v) is 5.59. The van der Waals surface area contributed by atoms with Crippen LogP contribution in [-0.4, -0.2) is 37.3 Å². The molecule has 17 heavy (non-hydrogen) atoms. The number of benzene rings is 1. The van der Waals surface area contributed by atoms with Crippen molar-refractivity contribution in [2.75, 3.05) is 14.1 Å². The summed E-state index contributed by atoms with van der Waals surface area (Å²) in [7, 11) is 3.32. The first-order chi connectivity index (χ1) is 8.11. The normalized spacial score (nSPS) is 14.2. The molecule has 90 valence electrons. The zero-order chi connectivity index (χ0) is 12.4. The molecule has 4 heteroatoms. The van der Waals surface area contributed by atoms with Gasteiger partial charge in [0.05, 0.1) is 11.7 Å². The van der Waals surface area contributed by atoms with Crippen molar-refractivity contribution in [3.8, 4) is 5.75 Å². The molecule has 2 rings (SSSR count). The van der Waals surface area contributed by atoms with Crippen LogP contribution in [0, 0.1) is 0 Å². The Balaban J connectivity index is 2.31. The van der Waals surface area contributed by atoms with Crippen LogP contribution in [0.15, 0.2) is 18.2 Å². The standard InChI is InChI=1S/C13H15NO3/c1-14(2)13(16)12-7-11(17-10-5-6-10)4-3-9(12)8-15/h3-4,7-8,10H,5-6H2,1-2H3. The molecule has 0 atom stereocenters. The smallest absolute Gasteiger partial charge is 0.254 e. The van der Waals surface area contributed by atoms with Crippen molar-refractivity contribution in [3.05, 3.63) is 29.3 Å². The molecule has 1 fully saturated rings. The number of carbonyl (C=O) groups is 2. The van der Waals surface area contributed by atoms with Crippen LogP contribution in [0.5, 0.6) is 5.75 Å². The molecule has 0 heterocycles. The summed E-state index contributed by atoms with van der Waals surface area (Å²) in [6.45, 7) is 0. The lowest BCUT2D eigenvalue weighted by Gasteiger charge is -2.13. The van der Waals surface area contributed by atoms with Crippen LogP contribution in [-0.2, 0) is 0 Å². The molecular formula is C13H15NO3. The molecule has 0 N–H and O–H groups in total. The molecule has 0 aromatic heterocycles. The van der Waals surface area contributed by atoms with E-state index in [4.69, 9.17) is 4.74 Å². The van der Waals surface area contributed by atoms with Gasteiger partial charge < -0.3 is 9.64 Å². The third kappa shape index (κ3) is 2.64. The lowest BCUT2D eigenvalue weighted by Crippen LogP contribution is -2.23. The summed E-state index contributed by atoms with van der Waals surface area (Å²) in [5, 5.41) is 0. The van der Waals surface area contributed by atoms with E-state index in [-0.39, 0.29) is 12.0 Å². The van der Waals surface area contributed by atoms with E-state index >= 15 is 0 Å². The Morgan fingerprint density at radius 2 is 2.12 bits per heavy atom. The molecule has 0 spiro atoms. The fourth-order valence-electron chi connectivity index (χ4n) is 1.52. The lowest BCUT2D eigenvalue weighted by molar-refractivity contribution is 0.0823. The van der Waals surface area contributed by atoms with Crippen molar-refractivity contribution in [1.82, 2.24) is 4.90 Å². The second-order valence-corrected chi connectivity index (χ2v) is 4.38. The average molecular weight is 233 g/mol. The van der Waals surface area contributed by atoms with Crippen LogP contribution in [0.2, 0.25) is 0 Å². The molecule has 1 amide bonds. The maximum absolute atomic E-state index is 11.9. The van der Waals surface area contributed by atoms with E-state index in [2.05, 4.69) is 0 Å². The second-order valence-electron chi connectivity index (χ2n) is 4.38. The van der Waals surface area contributed by atoms with E-state index in [0.717, 1.165) is 12.8 Å². The van der Waals surface area contributed by atoms with E-state index in [1.165, 1.54) is 4.90 Å². The van der Waals surface area contributed by atoms with Gasteiger partial charge in [-0.3, -0.25) is 9.59 Å². The molecular weight excluding hydrogens is 218 g/mol. The highest BCUT2D eigenvalue weighted by atomic mass is 16.5. The fraction of sp³-hybridized carbons (Fsp3) is 0.385. The molecule has 1 aliphatic carbocycles. The third-order valence-corrected chi connectivity index (χ3v) is 2.62. The Kier molecular flexibility index (Phi) is 3.13. The first kappa shape index (κ1) is 11.6. The Hall–Kier alpha value is -1.84. The van der Waals surface area contributed by atoms with Crippen molar-refractivity contribution < 1.29 is 14.3 Å². The van der Waals surface area contributed by atoms with Gasteiger partial charge in [-0.15, -0.1) is 0 Å². The summed E-state index contributed by atoms with van der Waals surface area (Å²) < 4.78 is 5.61. The number of carbonyl (C=O) groups excluding carboxylic acids is 2. The highest BCUT2D eigenvalue weighted by Gasteiger charge is 2.24. The van der Waals surface area contributed by atoms with E-state index in [1.54, 1.807) is 32.3 Å². The zero-order valence-corrected chi connectivity index (χ0v) is 9.97. The van der Waals surface area contributed by atoms with Gasteiger partial charge in [-0.2, -0.15) is 0 Å². The average Bonchev–Trinajstić information content (AvgIpc) is 3.11. The van der Waals surface area contributed by atoms with Crippen molar-refractivity contribution in [1.29, 1.82) is 0 Å². The summed E-state index contributed by atoms with van der Waals surface area (Å²) in [6.07, 6.45) is 3.09. The minimum Gasteiger partial charge on any atom is -0.490 e. The minimum absolute atomic E-state index is 0.187. The van der Waals surface area contributed by atoms with Crippen molar-refractivity contribution in [3.63, 3.8) is 0 Å². The molecule has 0 aliphatic heterocycles. The van der Waals surface area contributed by atoms with E-state index < -0.39 is 0 Å². The largest absolute Gasteiger partial charge is 0.490 e. The molecule has 0 unspecified atom stereocenters. The molecule has 0 saturated heterocycles. The van der Waals surface area contributed by atoms with Crippen LogP contribution < -0.4 is 4.74 Å². The molecule has 1 aromatic rings. The third-order valence-electron chi connectivity index (χ3n) is 2.62. The Morgan fingerprint density at radius 1 is 1.41 bits per heavy atom. The number of aldehydes is 1. The molecule has 0 bridgehead atoms. The maximum atomic E-state index is 11.9. The Labute approximate surface area is 100 Å². The lowest BCUT2D eigenvalue weighted by atomic mass is 10.1. The van der Waals surface area contributed by atoms with Crippen LogP contribution in [0.1, 0.15) is 33.6 Å². The SMILES string of the molecule is CN(C)C(=O)c1cc(OC2CC2)ccc1C=O. The Morgan fingerprint density at radius 3 is 2.65 bits per heavy atom. The number of hydrogen-bond donors (Lipinski definition) is 0. The number of rotatable bonds is 4. The highest BCUT2D eigenvalue weighted by molar-refractivity contribution is 6.01. The first-order valence-electron chi connectivity index (χ1n) is 5.59. The van der Waals surface area contributed by atoms with Gasteiger partial charge in [0.1, 0.15) is 5.75 Å². The maximum Gasteiger partial charge on any atom is 0.254 e. The van der Waals surface area contributed by atoms with Gasteiger partial charge in [-0.25, -0.2) is 0 Å². The molecule has 1 saturated carbocycles. The van der Waals surface area contributed by atoms with Crippen molar-refractivity contribution >= 4 is 12.2 Å². The van der Waals surface area contributed by atoms with Gasteiger partial charge in [-0.05, 0) is 31.0 Å².